The van der Waals surface area contributed by atoms with Crippen LogP contribution in [0.15, 0.2) is 18.2 Å². The molecule has 0 aromatic heterocycles. The summed E-state index contributed by atoms with van der Waals surface area (Å²) in [6, 6.07) is 5.36. The maximum Gasteiger partial charge on any atom is 0.129 e. The van der Waals surface area contributed by atoms with Crippen LogP contribution in [0.1, 0.15) is 25.8 Å². The summed E-state index contributed by atoms with van der Waals surface area (Å²) in [6.07, 6.45) is 1.17. The number of rotatable bonds is 3. The Morgan fingerprint density at radius 2 is 2.18 bits per heavy atom. The SMILES string of the molecule is CNCc1c(F)cccc1N1CCC(C)(C)C1. The van der Waals surface area contributed by atoms with Crippen molar-refractivity contribution in [2.45, 2.75) is 26.8 Å². The van der Waals surface area contributed by atoms with Crippen molar-refractivity contribution < 1.29 is 4.39 Å². The van der Waals surface area contributed by atoms with Gasteiger partial charge in [-0.3, -0.25) is 0 Å². The van der Waals surface area contributed by atoms with E-state index in [2.05, 4.69) is 24.1 Å². The number of halogens is 1. The fourth-order valence-corrected chi connectivity index (χ4v) is 2.51. The Bertz CT molecular complexity index is 401. The van der Waals surface area contributed by atoms with E-state index in [-0.39, 0.29) is 5.82 Å². The van der Waals surface area contributed by atoms with Crippen LogP contribution in [0.5, 0.6) is 0 Å². The lowest BCUT2D eigenvalue weighted by molar-refractivity contribution is 0.418. The highest BCUT2D eigenvalue weighted by Crippen LogP contribution is 2.34. The van der Waals surface area contributed by atoms with Gasteiger partial charge in [0.05, 0.1) is 0 Å². The van der Waals surface area contributed by atoms with E-state index in [1.807, 2.05) is 13.1 Å². The molecule has 0 bridgehead atoms. The number of nitrogens with one attached hydrogen (secondary N) is 1. The molecule has 0 unspecified atom stereocenters. The third-order valence-electron chi connectivity index (χ3n) is 3.47. The lowest BCUT2D eigenvalue weighted by atomic mass is 9.93. The van der Waals surface area contributed by atoms with Gasteiger partial charge in [-0.15, -0.1) is 0 Å². The van der Waals surface area contributed by atoms with Crippen LogP contribution in [0.25, 0.3) is 0 Å². The second-order valence-corrected chi connectivity index (χ2v) is 5.60. The minimum absolute atomic E-state index is 0.110. The predicted molar refractivity (Wildman–Crippen MR) is 69.8 cm³/mol. The molecule has 1 saturated heterocycles. The summed E-state index contributed by atoms with van der Waals surface area (Å²) in [5.41, 5.74) is 2.17. The molecular formula is C14H21FN2. The molecule has 0 atom stereocenters. The predicted octanol–water partition coefficient (Wildman–Crippen LogP) is 2.78. The number of nitrogens with zero attached hydrogens (tertiary/aromatic N) is 1. The van der Waals surface area contributed by atoms with Gasteiger partial charge >= 0.3 is 0 Å². The van der Waals surface area contributed by atoms with Crippen molar-refractivity contribution in [3.05, 3.63) is 29.6 Å². The second kappa shape index (κ2) is 4.65. The molecule has 1 heterocycles. The van der Waals surface area contributed by atoms with Crippen LogP contribution in [0.4, 0.5) is 10.1 Å². The highest BCUT2D eigenvalue weighted by atomic mass is 19.1. The summed E-state index contributed by atoms with van der Waals surface area (Å²) in [5, 5.41) is 3.04. The minimum atomic E-state index is -0.110. The first-order chi connectivity index (χ1) is 8.03. The number of anilines is 1. The molecule has 1 aromatic rings. The van der Waals surface area contributed by atoms with E-state index in [0.717, 1.165) is 24.3 Å². The first kappa shape index (κ1) is 12.4. The second-order valence-electron chi connectivity index (χ2n) is 5.60. The minimum Gasteiger partial charge on any atom is -0.371 e. The quantitative estimate of drug-likeness (QED) is 0.868. The largest absolute Gasteiger partial charge is 0.371 e. The topological polar surface area (TPSA) is 15.3 Å². The van der Waals surface area contributed by atoms with Crippen LogP contribution in [0.3, 0.4) is 0 Å². The highest BCUT2D eigenvalue weighted by molar-refractivity contribution is 5.55. The van der Waals surface area contributed by atoms with Gasteiger partial charge in [0, 0.05) is 30.9 Å². The third-order valence-corrected chi connectivity index (χ3v) is 3.47. The average molecular weight is 236 g/mol. The smallest absolute Gasteiger partial charge is 0.129 e. The first-order valence-corrected chi connectivity index (χ1v) is 6.20. The van der Waals surface area contributed by atoms with Gasteiger partial charge in [0.1, 0.15) is 5.82 Å². The molecule has 1 fully saturated rings. The zero-order chi connectivity index (χ0) is 12.5. The lowest BCUT2D eigenvalue weighted by Crippen LogP contribution is -2.25. The van der Waals surface area contributed by atoms with Crippen molar-refractivity contribution in [3.8, 4) is 0 Å². The van der Waals surface area contributed by atoms with E-state index in [1.54, 1.807) is 6.07 Å². The van der Waals surface area contributed by atoms with Crippen molar-refractivity contribution in [3.63, 3.8) is 0 Å². The molecule has 2 nitrogen and oxygen atoms in total. The molecule has 0 spiro atoms. The maximum absolute atomic E-state index is 13.8. The Morgan fingerprint density at radius 3 is 2.76 bits per heavy atom. The number of hydrogen-bond acceptors (Lipinski definition) is 2. The number of hydrogen-bond donors (Lipinski definition) is 1. The molecule has 2 rings (SSSR count). The van der Waals surface area contributed by atoms with Crippen molar-refractivity contribution in [2.75, 3.05) is 25.0 Å². The molecule has 17 heavy (non-hydrogen) atoms. The molecule has 0 saturated carbocycles. The van der Waals surface area contributed by atoms with Gasteiger partial charge in [0.2, 0.25) is 0 Å². The summed E-state index contributed by atoms with van der Waals surface area (Å²) in [6.45, 7) is 7.15. The molecule has 0 radical (unpaired) electrons. The zero-order valence-corrected chi connectivity index (χ0v) is 10.9. The molecule has 0 aliphatic carbocycles. The van der Waals surface area contributed by atoms with Crippen LogP contribution in [-0.4, -0.2) is 20.1 Å². The Kier molecular flexibility index (Phi) is 3.38. The summed E-state index contributed by atoms with van der Waals surface area (Å²) < 4.78 is 13.8. The average Bonchev–Trinajstić information content (AvgIpc) is 2.62. The molecule has 1 aliphatic heterocycles. The lowest BCUT2D eigenvalue weighted by Gasteiger charge is -2.24. The Hall–Kier alpha value is -1.09. The molecule has 1 aromatic carbocycles. The molecule has 94 valence electrons. The molecular weight excluding hydrogens is 215 g/mol. The van der Waals surface area contributed by atoms with Crippen LogP contribution in [-0.2, 0) is 6.54 Å². The van der Waals surface area contributed by atoms with Crippen molar-refractivity contribution in [2.24, 2.45) is 5.41 Å². The van der Waals surface area contributed by atoms with E-state index < -0.39 is 0 Å². The monoisotopic (exact) mass is 236 g/mol. The van der Waals surface area contributed by atoms with Gasteiger partial charge in [0.15, 0.2) is 0 Å². The van der Waals surface area contributed by atoms with Gasteiger partial charge in [-0.1, -0.05) is 19.9 Å². The van der Waals surface area contributed by atoms with E-state index >= 15 is 0 Å². The fraction of sp³-hybridized carbons (Fsp3) is 0.571. The Morgan fingerprint density at radius 1 is 1.41 bits per heavy atom. The van der Waals surface area contributed by atoms with Crippen LogP contribution < -0.4 is 10.2 Å². The number of benzene rings is 1. The molecule has 1 aliphatic rings. The normalized spacial score (nSPS) is 18.7. The standard InChI is InChI=1S/C14H21FN2/c1-14(2)7-8-17(10-14)13-6-4-5-12(15)11(13)9-16-3/h4-6,16H,7-10H2,1-3H3. The summed E-state index contributed by atoms with van der Waals surface area (Å²) in [7, 11) is 1.85. The molecule has 1 N–H and O–H groups in total. The van der Waals surface area contributed by atoms with Crippen LogP contribution in [0, 0.1) is 11.2 Å². The fourth-order valence-electron chi connectivity index (χ4n) is 2.51. The van der Waals surface area contributed by atoms with Gasteiger partial charge in [-0.2, -0.15) is 0 Å². The van der Waals surface area contributed by atoms with E-state index in [0.29, 0.717) is 12.0 Å². The first-order valence-electron chi connectivity index (χ1n) is 6.20. The van der Waals surface area contributed by atoms with Gasteiger partial charge in [0.25, 0.3) is 0 Å². The van der Waals surface area contributed by atoms with Crippen molar-refractivity contribution in [1.82, 2.24) is 5.32 Å². The maximum atomic E-state index is 13.8. The van der Waals surface area contributed by atoms with Gasteiger partial charge < -0.3 is 10.2 Å². The summed E-state index contributed by atoms with van der Waals surface area (Å²) in [5.74, 6) is -0.110. The third kappa shape index (κ3) is 2.60. The Labute approximate surface area is 103 Å². The van der Waals surface area contributed by atoms with E-state index in [4.69, 9.17) is 0 Å². The highest BCUT2D eigenvalue weighted by Gasteiger charge is 2.30. The van der Waals surface area contributed by atoms with Gasteiger partial charge in [-0.05, 0) is 31.0 Å². The van der Waals surface area contributed by atoms with Crippen molar-refractivity contribution >= 4 is 5.69 Å². The summed E-state index contributed by atoms with van der Waals surface area (Å²) in [4.78, 5) is 2.30. The summed E-state index contributed by atoms with van der Waals surface area (Å²) >= 11 is 0. The molecule has 3 heteroatoms. The van der Waals surface area contributed by atoms with Crippen LogP contribution >= 0.6 is 0 Å². The zero-order valence-electron chi connectivity index (χ0n) is 10.9. The van der Waals surface area contributed by atoms with Crippen LogP contribution in [0.2, 0.25) is 0 Å². The van der Waals surface area contributed by atoms with Gasteiger partial charge in [-0.25, -0.2) is 4.39 Å². The van der Waals surface area contributed by atoms with E-state index in [9.17, 15) is 4.39 Å². The Balaban J connectivity index is 2.29. The molecule has 0 amide bonds. The van der Waals surface area contributed by atoms with E-state index in [1.165, 1.54) is 12.5 Å². The van der Waals surface area contributed by atoms with Crippen molar-refractivity contribution in [1.29, 1.82) is 0 Å².